The van der Waals surface area contributed by atoms with Crippen LogP contribution in [0.15, 0.2) is 0 Å². The van der Waals surface area contributed by atoms with Crippen LogP contribution in [-0.2, 0) is 0 Å². The molecular formula is C5H14N2O. The Balaban J connectivity index is 2.92. The average Bonchev–Trinajstić information content (AvgIpc) is 1.68. The lowest BCUT2D eigenvalue weighted by Crippen LogP contribution is -2.37. The number of nitrogens with one attached hydrogen (secondary N) is 2. The summed E-state index contributed by atoms with van der Waals surface area (Å²) in [5.41, 5.74) is 5.30. The summed E-state index contributed by atoms with van der Waals surface area (Å²) in [5.74, 6) is 0. The quantitative estimate of drug-likeness (QED) is 0.355. The molecule has 0 amide bonds. The summed E-state index contributed by atoms with van der Waals surface area (Å²) in [4.78, 5) is 0. The Morgan fingerprint density at radius 2 is 2.25 bits per heavy atom. The van der Waals surface area contributed by atoms with Crippen molar-refractivity contribution < 1.29 is 5.11 Å². The van der Waals surface area contributed by atoms with Crippen LogP contribution in [0.3, 0.4) is 0 Å². The molecule has 3 N–H and O–H groups in total. The molecule has 0 aromatic carbocycles. The maximum Gasteiger partial charge on any atom is 0.117 e. The molecule has 0 spiro atoms. The van der Waals surface area contributed by atoms with Gasteiger partial charge in [-0.3, -0.25) is 5.43 Å². The van der Waals surface area contributed by atoms with Gasteiger partial charge in [-0.1, -0.05) is 13.3 Å². The van der Waals surface area contributed by atoms with Crippen LogP contribution in [0.5, 0.6) is 0 Å². The molecule has 8 heavy (non-hydrogen) atoms. The van der Waals surface area contributed by atoms with Gasteiger partial charge in [-0.2, -0.15) is 0 Å². The molecule has 0 fully saturated rings. The number of aliphatic hydroxyl groups excluding tert-OH is 1. The minimum absolute atomic E-state index is 0.398. The Kier molecular flexibility index (Phi) is 4.95. The predicted octanol–water partition coefficient (Wildman–Crippen LogP) is -0.171. The molecule has 0 aliphatic rings. The monoisotopic (exact) mass is 118 g/mol. The fraction of sp³-hybridized carbons (Fsp3) is 1.00. The molecule has 0 saturated heterocycles. The summed E-state index contributed by atoms with van der Waals surface area (Å²) in [6.07, 6.45) is 1.39. The zero-order valence-electron chi connectivity index (χ0n) is 5.44. The van der Waals surface area contributed by atoms with Crippen LogP contribution >= 0.6 is 0 Å². The SMILES string of the molecule is CCCC(O)NNC. The molecule has 0 radical (unpaired) electrons. The largest absolute Gasteiger partial charge is 0.377 e. The second-order valence-corrected chi connectivity index (χ2v) is 1.70. The topological polar surface area (TPSA) is 44.3 Å². The smallest absolute Gasteiger partial charge is 0.117 e. The first kappa shape index (κ1) is 7.88. The second kappa shape index (κ2) is 5.03. The lowest BCUT2D eigenvalue weighted by atomic mass is 10.3. The van der Waals surface area contributed by atoms with Crippen molar-refractivity contribution in [2.75, 3.05) is 7.05 Å². The van der Waals surface area contributed by atoms with E-state index in [1.807, 2.05) is 6.92 Å². The molecule has 1 atom stereocenters. The van der Waals surface area contributed by atoms with Gasteiger partial charge >= 0.3 is 0 Å². The van der Waals surface area contributed by atoms with Gasteiger partial charge in [0, 0.05) is 0 Å². The second-order valence-electron chi connectivity index (χ2n) is 1.70. The van der Waals surface area contributed by atoms with Gasteiger partial charge in [0.2, 0.25) is 0 Å². The van der Waals surface area contributed by atoms with Gasteiger partial charge in [0.05, 0.1) is 0 Å². The minimum atomic E-state index is -0.398. The fourth-order valence-electron chi connectivity index (χ4n) is 0.512. The summed E-state index contributed by atoms with van der Waals surface area (Å²) in [7, 11) is 1.74. The summed E-state index contributed by atoms with van der Waals surface area (Å²) in [6.45, 7) is 2.03. The molecule has 1 unspecified atom stereocenters. The van der Waals surface area contributed by atoms with Crippen LogP contribution in [0.4, 0.5) is 0 Å². The van der Waals surface area contributed by atoms with Gasteiger partial charge in [-0.25, -0.2) is 5.43 Å². The highest BCUT2D eigenvalue weighted by atomic mass is 16.3. The van der Waals surface area contributed by atoms with E-state index in [-0.39, 0.29) is 0 Å². The molecule has 0 rings (SSSR count). The van der Waals surface area contributed by atoms with Crippen molar-refractivity contribution in [2.45, 2.75) is 26.0 Å². The lowest BCUT2D eigenvalue weighted by molar-refractivity contribution is 0.113. The number of aliphatic hydroxyl groups is 1. The third-order valence-corrected chi connectivity index (χ3v) is 0.873. The van der Waals surface area contributed by atoms with E-state index in [9.17, 15) is 0 Å². The zero-order valence-corrected chi connectivity index (χ0v) is 5.44. The van der Waals surface area contributed by atoms with Crippen LogP contribution in [0.2, 0.25) is 0 Å². The number of hydrogen-bond donors (Lipinski definition) is 3. The first-order chi connectivity index (χ1) is 3.81. The normalized spacial score (nSPS) is 13.9. The van der Waals surface area contributed by atoms with E-state index >= 15 is 0 Å². The van der Waals surface area contributed by atoms with Crippen molar-refractivity contribution in [1.82, 2.24) is 10.9 Å². The summed E-state index contributed by atoms with van der Waals surface area (Å²) >= 11 is 0. The first-order valence-corrected chi connectivity index (χ1v) is 2.91. The van der Waals surface area contributed by atoms with Crippen LogP contribution in [0.25, 0.3) is 0 Å². The van der Waals surface area contributed by atoms with Crippen molar-refractivity contribution in [3.63, 3.8) is 0 Å². The Labute approximate surface area is 50.1 Å². The molecule has 3 heteroatoms. The van der Waals surface area contributed by atoms with E-state index in [1.165, 1.54) is 0 Å². The third kappa shape index (κ3) is 4.05. The number of rotatable bonds is 4. The Hall–Kier alpha value is -0.120. The van der Waals surface area contributed by atoms with E-state index in [0.717, 1.165) is 12.8 Å². The molecule has 0 saturated carbocycles. The third-order valence-electron chi connectivity index (χ3n) is 0.873. The molecule has 3 nitrogen and oxygen atoms in total. The first-order valence-electron chi connectivity index (χ1n) is 2.91. The highest BCUT2D eigenvalue weighted by molar-refractivity contribution is 4.44. The molecule has 0 aliphatic heterocycles. The maximum absolute atomic E-state index is 8.88. The van der Waals surface area contributed by atoms with Crippen molar-refractivity contribution in [3.8, 4) is 0 Å². The molecule has 0 heterocycles. The van der Waals surface area contributed by atoms with E-state index in [0.29, 0.717) is 0 Å². The van der Waals surface area contributed by atoms with Gasteiger partial charge in [-0.05, 0) is 13.5 Å². The van der Waals surface area contributed by atoms with Crippen LogP contribution in [0.1, 0.15) is 19.8 Å². The molecule has 0 aromatic rings. The van der Waals surface area contributed by atoms with Gasteiger partial charge in [0.25, 0.3) is 0 Å². The van der Waals surface area contributed by atoms with Crippen molar-refractivity contribution in [3.05, 3.63) is 0 Å². The predicted molar refractivity (Wildman–Crippen MR) is 33.1 cm³/mol. The molecule has 0 bridgehead atoms. The van der Waals surface area contributed by atoms with E-state index in [4.69, 9.17) is 5.11 Å². The minimum Gasteiger partial charge on any atom is -0.377 e. The molecular weight excluding hydrogens is 104 g/mol. The fourth-order valence-corrected chi connectivity index (χ4v) is 0.512. The summed E-state index contributed by atoms with van der Waals surface area (Å²) in [5, 5.41) is 8.88. The summed E-state index contributed by atoms with van der Waals surface area (Å²) in [6, 6.07) is 0. The van der Waals surface area contributed by atoms with Crippen LogP contribution in [-0.4, -0.2) is 18.4 Å². The van der Waals surface area contributed by atoms with Crippen molar-refractivity contribution in [2.24, 2.45) is 0 Å². The van der Waals surface area contributed by atoms with E-state index in [2.05, 4.69) is 10.9 Å². The number of hydrogen-bond acceptors (Lipinski definition) is 3. The molecule has 0 aliphatic carbocycles. The van der Waals surface area contributed by atoms with Crippen LogP contribution < -0.4 is 10.9 Å². The molecule has 50 valence electrons. The molecule has 0 aromatic heterocycles. The Morgan fingerprint density at radius 3 is 2.62 bits per heavy atom. The Morgan fingerprint density at radius 1 is 1.62 bits per heavy atom. The van der Waals surface area contributed by atoms with E-state index in [1.54, 1.807) is 7.05 Å². The lowest BCUT2D eigenvalue weighted by Gasteiger charge is -2.08. The zero-order chi connectivity index (χ0) is 6.41. The van der Waals surface area contributed by atoms with Gasteiger partial charge in [-0.15, -0.1) is 0 Å². The standard InChI is InChI=1S/C5H14N2O/c1-3-4-5(8)7-6-2/h5-8H,3-4H2,1-2H3. The van der Waals surface area contributed by atoms with Gasteiger partial charge in [0.1, 0.15) is 6.23 Å². The van der Waals surface area contributed by atoms with Crippen molar-refractivity contribution in [1.29, 1.82) is 0 Å². The van der Waals surface area contributed by atoms with E-state index < -0.39 is 6.23 Å². The Bertz CT molecular complexity index is 43.7. The van der Waals surface area contributed by atoms with Crippen molar-refractivity contribution >= 4 is 0 Å². The highest BCUT2D eigenvalue weighted by Crippen LogP contribution is 1.88. The summed E-state index contributed by atoms with van der Waals surface area (Å²) < 4.78 is 0. The number of hydrazine groups is 1. The highest BCUT2D eigenvalue weighted by Gasteiger charge is 1.95. The average molecular weight is 118 g/mol. The maximum atomic E-state index is 8.88. The van der Waals surface area contributed by atoms with Gasteiger partial charge < -0.3 is 5.11 Å². The van der Waals surface area contributed by atoms with Gasteiger partial charge in [0.15, 0.2) is 0 Å². The van der Waals surface area contributed by atoms with Crippen LogP contribution in [0, 0.1) is 0 Å².